The number of amides is 2. The molecule has 1 aromatic rings. The van der Waals surface area contributed by atoms with Crippen molar-refractivity contribution >= 4 is 23.8 Å². The maximum atomic E-state index is 11.8. The van der Waals surface area contributed by atoms with Gasteiger partial charge in [-0.3, -0.25) is 14.6 Å². The van der Waals surface area contributed by atoms with Crippen molar-refractivity contribution in [2.45, 2.75) is 6.04 Å². The fourth-order valence-corrected chi connectivity index (χ4v) is 1.65. The van der Waals surface area contributed by atoms with Gasteiger partial charge in [0.2, 0.25) is 6.04 Å². The van der Waals surface area contributed by atoms with Gasteiger partial charge in [-0.15, -0.1) is 0 Å². The van der Waals surface area contributed by atoms with E-state index in [1.807, 2.05) is 0 Å². The number of fused-ring (bicyclic) bond motifs is 1. The van der Waals surface area contributed by atoms with Crippen molar-refractivity contribution in [1.82, 2.24) is 9.88 Å². The molecule has 0 atom stereocenters. The Morgan fingerprint density at radius 1 is 1.17 bits per heavy atom. The predicted octanol–water partition coefficient (Wildman–Crippen LogP) is -0.785. The summed E-state index contributed by atoms with van der Waals surface area (Å²) in [6.45, 7) is 0. The average Bonchev–Trinajstić information content (AvgIpc) is 2.55. The van der Waals surface area contributed by atoms with Gasteiger partial charge in [0.05, 0.1) is 5.56 Å². The molecular formula is C10H6N2O6. The smallest absolute Gasteiger partial charge is 0.338 e. The Kier molecular flexibility index (Phi) is 2.55. The summed E-state index contributed by atoms with van der Waals surface area (Å²) < 4.78 is 0. The van der Waals surface area contributed by atoms with Crippen LogP contribution in [0.2, 0.25) is 0 Å². The van der Waals surface area contributed by atoms with Crippen LogP contribution in [-0.2, 0) is 9.59 Å². The first-order valence-electron chi connectivity index (χ1n) is 4.73. The number of nitrogens with zero attached hydrogens (tertiary/aromatic N) is 2. The van der Waals surface area contributed by atoms with Crippen molar-refractivity contribution in [2.75, 3.05) is 0 Å². The predicted molar refractivity (Wildman–Crippen MR) is 53.8 cm³/mol. The topological polar surface area (TPSA) is 125 Å². The van der Waals surface area contributed by atoms with Crippen molar-refractivity contribution in [1.29, 1.82) is 0 Å². The minimum Gasteiger partial charge on any atom is -0.479 e. The van der Waals surface area contributed by atoms with Gasteiger partial charge in [0.25, 0.3) is 11.8 Å². The average molecular weight is 250 g/mol. The molecule has 8 nitrogen and oxygen atoms in total. The number of pyridine rings is 1. The van der Waals surface area contributed by atoms with Crippen molar-refractivity contribution < 1.29 is 29.4 Å². The van der Waals surface area contributed by atoms with E-state index in [1.54, 1.807) is 0 Å². The van der Waals surface area contributed by atoms with Gasteiger partial charge in [0.15, 0.2) is 0 Å². The van der Waals surface area contributed by atoms with Gasteiger partial charge in [-0.05, 0) is 12.1 Å². The highest BCUT2D eigenvalue weighted by molar-refractivity contribution is 6.23. The molecule has 0 spiro atoms. The molecule has 0 bridgehead atoms. The number of aliphatic carboxylic acids is 2. The fraction of sp³-hybridized carbons (Fsp3) is 0.100. The number of carbonyl (C=O) groups excluding carboxylic acids is 2. The lowest BCUT2D eigenvalue weighted by Crippen LogP contribution is -2.49. The molecule has 18 heavy (non-hydrogen) atoms. The molecule has 0 radical (unpaired) electrons. The van der Waals surface area contributed by atoms with Gasteiger partial charge in [0.1, 0.15) is 5.69 Å². The van der Waals surface area contributed by atoms with Gasteiger partial charge in [-0.2, -0.15) is 0 Å². The van der Waals surface area contributed by atoms with Crippen LogP contribution in [0.4, 0.5) is 0 Å². The minimum atomic E-state index is -2.25. The van der Waals surface area contributed by atoms with Crippen LogP contribution in [0.15, 0.2) is 18.3 Å². The molecule has 8 heteroatoms. The molecule has 0 fully saturated rings. The van der Waals surface area contributed by atoms with Crippen molar-refractivity contribution in [2.24, 2.45) is 0 Å². The maximum Gasteiger partial charge on any atom is 0.338 e. The monoisotopic (exact) mass is 250 g/mol. The third-order valence-corrected chi connectivity index (χ3v) is 2.40. The van der Waals surface area contributed by atoms with Crippen molar-refractivity contribution in [3.8, 4) is 0 Å². The van der Waals surface area contributed by atoms with Crippen LogP contribution < -0.4 is 0 Å². The Hall–Kier alpha value is -2.77. The Bertz CT molecular complexity index is 532. The SMILES string of the molecule is O=C(O)C(C(=O)O)N1C(=O)c2cccnc2C1=O. The molecule has 2 N–H and O–H groups in total. The highest BCUT2D eigenvalue weighted by Crippen LogP contribution is 2.22. The van der Waals surface area contributed by atoms with Gasteiger partial charge in [0, 0.05) is 6.20 Å². The summed E-state index contributed by atoms with van der Waals surface area (Å²) in [6.07, 6.45) is 1.25. The van der Waals surface area contributed by atoms with E-state index in [4.69, 9.17) is 10.2 Å². The van der Waals surface area contributed by atoms with Crippen LogP contribution in [-0.4, -0.2) is 49.9 Å². The van der Waals surface area contributed by atoms with Crippen LogP contribution in [0.3, 0.4) is 0 Å². The first-order valence-corrected chi connectivity index (χ1v) is 4.73. The summed E-state index contributed by atoms with van der Waals surface area (Å²) in [4.78, 5) is 49.0. The summed E-state index contributed by atoms with van der Waals surface area (Å²) in [7, 11) is 0. The van der Waals surface area contributed by atoms with Crippen molar-refractivity contribution in [3.63, 3.8) is 0 Å². The molecule has 2 amide bonds. The Morgan fingerprint density at radius 3 is 2.28 bits per heavy atom. The number of carboxylic acid groups (broad SMARTS) is 2. The molecule has 2 rings (SSSR count). The van der Waals surface area contributed by atoms with E-state index >= 15 is 0 Å². The number of hydrogen-bond acceptors (Lipinski definition) is 5. The molecule has 0 unspecified atom stereocenters. The molecule has 0 aliphatic carbocycles. The number of carbonyl (C=O) groups is 4. The minimum absolute atomic E-state index is 0.102. The lowest BCUT2D eigenvalue weighted by atomic mass is 10.2. The van der Waals surface area contributed by atoms with Crippen LogP contribution in [0, 0.1) is 0 Å². The second-order valence-corrected chi connectivity index (χ2v) is 3.46. The molecule has 92 valence electrons. The van der Waals surface area contributed by atoms with Gasteiger partial charge in [-0.1, -0.05) is 0 Å². The number of aromatic nitrogens is 1. The fourth-order valence-electron chi connectivity index (χ4n) is 1.65. The highest BCUT2D eigenvalue weighted by Gasteiger charge is 2.47. The van der Waals surface area contributed by atoms with Gasteiger partial charge >= 0.3 is 11.9 Å². The molecule has 0 saturated carbocycles. The molecule has 0 saturated heterocycles. The second kappa shape index (κ2) is 3.91. The van der Waals surface area contributed by atoms with E-state index < -0.39 is 29.8 Å². The number of rotatable bonds is 3. The number of carboxylic acids is 2. The zero-order valence-electron chi connectivity index (χ0n) is 8.73. The molecule has 1 aliphatic rings. The summed E-state index contributed by atoms with van der Waals surface area (Å²) in [5.74, 6) is -5.59. The van der Waals surface area contributed by atoms with Crippen molar-refractivity contribution in [3.05, 3.63) is 29.6 Å². The Balaban J connectivity index is 2.51. The van der Waals surface area contributed by atoms with Crippen LogP contribution >= 0.6 is 0 Å². The van der Waals surface area contributed by atoms with Gasteiger partial charge < -0.3 is 10.2 Å². The molecular weight excluding hydrogens is 244 g/mol. The molecule has 0 aromatic carbocycles. The highest BCUT2D eigenvalue weighted by atomic mass is 16.4. The number of imide groups is 1. The number of hydrogen-bond donors (Lipinski definition) is 2. The maximum absolute atomic E-state index is 11.8. The van der Waals surface area contributed by atoms with Gasteiger partial charge in [-0.25, -0.2) is 14.5 Å². The summed E-state index contributed by atoms with van der Waals surface area (Å²) in [5, 5.41) is 17.5. The van der Waals surface area contributed by atoms with Crippen LogP contribution in [0.25, 0.3) is 0 Å². The molecule has 2 heterocycles. The standard InChI is InChI=1S/C10H6N2O6/c13-7-4-2-1-3-11-5(4)8(14)12(7)6(9(15)16)10(17)18/h1-3,6H,(H,15,16)(H,17,18). The van der Waals surface area contributed by atoms with E-state index in [2.05, 4.69) is 4.98 Å². The quantitative estimate of drug-likeness (QED) is 0.532. The largest absolute Gasteiger partial charge is 0.479 e. The van der Waals surface area contributed by atoms with Crippen LogP contribution in [0.5, 0.6) is 0 Å². The third-order valence-electron chi connectivity index (χ3n) is 2.40. The van der Waals surface area contributed by atoms with E-state index in [0.29, 0.717) is 0 Å². The molecule has 1 aromatic heterocycles. The van der Waals surface area contributed by atoms with E-state index in [9.17, 15) is 19.2 Å². The summed E-state index contributed by atoms with van der Waals surface area (Å²) in [6, 6.07) is 0.423. The third kappa shape index (κ3) is 1.51. The lowest BCUT2D eigenvalue weighted by Gasteiger charge is -2.17. The summed E-state index contributed by atoms with van der Waals surface area (Å²) in [5.41, 5.74) is -0.343. The second-order valence-electron chi connectivity index (χ2n) is 3.46. The first kappa shape index (κ1) is 11.7. The zero-order chi connectivity index (χ0) is 13.4. The normalized spacial score (nSPS) is 13.9. The Labute approximate surface area is 99.5 Å². The Morgan fingerprint density at radius 2 is 1.78 bits per heavy atom. The molecule has 1 aliphatic heterocycles. The van der Waals surface area contributed by atoms with E-state index in [0.717, 1.165) is 0 Å². The summed E-state index contributed by atoms with van der Waals surface area (Å²) >= 11 is 0. The zero-order valence-corrected chi connectivity index (χ0v) is 8.73. The first-order chi connectivity index (χ1) is 8.45. The van der Waals surface area contributed by atoms with E-state index in [-0.39, 0.29) is 16.2 Å². The van der Waals surface area contributed by atoms with E-state index in [1.165, 1.54) is 18.3 Å². The lowest BCUT2D eigenvalue weighted by molar-refractivity contribution is -0.154. The van der Waals surface area contributed by atoms with Crippen LogP contribution in [0.1, 0.15) is 20.8 Å².